The van der Waals surface area contributed by atoms with Gasteiger partial charge in [-0.05, 0) is 12.1 Å². The Kier molecular flexibility index (Phi) is 6.61. The van der Waals surface area contributed by atoms with Gasteiger partial charge in [-0.3, -0.25) is 14.9 Å². The van der Waals surface area contributed by atoms with Crippen LogP contribution in [0.25, 0.3) is 0 Å². The van der Waals surface area contributed by atoms with Crippen molar-refractivity contribution in [3.8, 4) is 0 Å². The lowest BCUT2D eigenvalue weighted by atomic mass is 10.1. The van der Waals surface area contributed by atoms with Crippen LogP contribution in [0.5, 0.6) is 0 Å². The summed E-state index contributed by atoms with van der Waals surface area (Å²) in [6.45, 7) is 1.88. The van der Waals surface area contributed by atoms with Gasteiger partial charge in [0.25, 0.3) is 5.69 Å². The number of benzene rings is 1. The number of hydrogen-bond donors (Lipinski definition) is 0. The smallest absolute Gasteiger partial charge is 0.293 e. The van der Waals surface area contributed by atoms with Crippen LogP contribution < -0.4 is 4.90 Å². The van der Waals surface area contributed by atoms with E-state index in [1.807, 2.05) is 0 Å². The van der Waals surface area contributed by atoms with Gasteiger partial charge in [0.2, 0.25) is 0 Å². The summed E-state index contributed by atoms with van der Waals surface area (Å²) < 4.78 is 10.0. The van der Waals surface area contributed by atoms with Crippen molar-refractivity contribution in [2.75, 3.05) is 45.4 Å². The quantitative estimate of drug-likeness (QED) is 0.388. The van der Waals surface area contributed by atoms with Crippen LogP contribution in [0.3, 0.4) is 0 Å². The molecule has 20 heavy (non-hydrogen) atoms. The number of nitro benzene ring substituents is 1. The van der Waals surface area contributed by atoms with Crippen molar-refractivity contribution in [1.82, 2.24) is 0 Å². The van der Waals surface area contributed by atoms with E-state index in [1.54, 1.807) is 31.3 Å². The number of nitrogens with zero attached hydrogens (tertiary/aromatic N) is 2. The van der Waals surface area contributed by atoms with Crippen LogP contribution in [0.4, 0.5) is 11.4 Å². The van der Waals surface area contributed by atoms with Crippen LogP contribution in [0.1, 0.15) is 10.4 Å². The van der Waals surface area contributed by atoms with Crippen LogP contribution in [0.15, 0.2) is 18.2 Å². The maximum atomic E-state index is 11.1. The molecule has 0 aliphatic rings. The second-order valence-electron chi connectivity index (χ2n) is 4.10. The molecule has 1 aromatic rings. The van der Waals surface area contributed by atoms with Gasteiger partial charge in [-0.2, -0.15) is 0 Å². The van der Waals surface area contributed by atoms with Crippen LogP contribution in [0.2, 0.25) is 0 Å². The third-order valence-electron chi connectivity index (χ3n) is 2.80. The van der Waals surface area contributed by atoms with Gasteiger partial charge >= 0.3 is 0 Å². The van der Waals surface area contributed by atoms with Gasteiger partial charge in [0.15, 0.2) is 0 Å². The highest BCUT2D eigenvalue weighted by Gasteiger charge is 2.19. The maximum absolute atomic E-state index is 11.1. The number of carbonyl (C=O) groups excluding carboxylic acids is 1. The van der Waals surface area contributed by atoms with Crippen LogP contribution in [-0.2, 0) is 9.47 Å². The van der Waals surface area contributed by atoms with E-state index in [9.17, 15) is 14.9 Å². The fourth-order valence-electron chi connectivity index (χ4n) is 1.78. The van der Waals surface area contributed by atoms with E-state index in [4.69, 9.17) is 9.47 Å². The molecule has 7 heteroatoms. The highest BCUT2D eigenvalue weighted by molar-refractivity contribution is 5.79. The van der Waals surface area contributed by atoms with Gasteiger partial charge in [-0.1, -0.05) is 0 Å². The Bertz CT molecular complexity index is 456. The van der Waals surface area contributed by atoms with Crippen molar-refractivity contribution >= 4 is 17.7 Å². The Labute approximate surface area is 117 Å². The van der Waals surface area contributed by atoms with Crippen molar-refractivity contribution in [3.05, 3.63) is 33.9 Å². The summed E-state index contributed by atoms with van der Waals surface area (Å²) in [5, 5.41) is 11.1. The zero-order valence-electron chi connectivity index (χ0n) is 11.6. The van der Waals surface area contributed by atoms with Gasteiger partial charge in [-0.15, -0.1) is 0 Å². The molecular weight excluding hydrogens is 264 g/mol. The Morgan fingerprint density at radius 1 is 1.25 bits per heavy atom. The number of rotatable bonds is 9. The molecule has 0 aliphatic carbocycles. The molecule has 0 heterocycles. The largest absolute Gasteiger partial charge is 0.383 e. The molecule has 0 unspecified atom stereocenters. The van der Waals surface area contributed by atoms with Gasteiger partial charge < -0.3 is 14.4 Å². The minimum Gasteiger partial charge on any atom is -0.383 e. The Morgan fingerprint density at radius 2 is 1.85 bits per heavy atom. The lowest BCUT2D eigenvalue weighted by Crippen LogP contribution is -2.31. The Balaban J connectivity index is 3.09. The molecule has 0 aromatic heterocycles. The highest BCUT2D eigenvalue weighted by Crippen LogP contribution is 2.28. The Hall–Kier alpha value is -1.99. The fourth-order valence-corrected chi connectivity index (χ4v) is 1.78. The van der Waals surface area contributed by atoms with Gasteiger partial charge in [0, 0.05) is 38.9 Å². The lowest BCUT2D eigenvalue weighted by molar-refractivity contribution is -0.384. The summed E-state index contributed by atoms with van der Waals surface area (Å²) in [5.74, 6) is 0. The topological polar surface area (TPSA) is 81.9 Å². The minimum atomic E-state index is -0.491. The third kappa shape index (κ3) is 4.29. The summed E-state index contributed by atoms with van der Waals surface area (Å²) in [5.41, 5.74) is 0.635. The number of methoxy groups -OCH3 is 2. The summed E-state index contributed by atoms with van der Waals surface area (Å²) >= 11 is 0. The predicted molar refractivity (Wildman–Crippen MR) is 74.4 cm³/mol. The zero-order valence-corrected chi connectivity index (χ0v) is 11.6. The molecule has 1 rings (SSSR count). The zero-order chi connectivity index (χ0) is 15.0. The summed E-state index contributed by atoms with van der Waals surface area (Å²) in [4.78, 5) is 23.2. The second-order valence-corrected chi connectivity index (χ2v) is 4.10. The average molecular weight is 282 g/mol. The van der Waals surface area contributed by atoms with Gasteiger partial charge in [-0.25, -0.2) is 0 Å². The second kappa shape index (κ2) is 8.23. The lowest BCUT2D eigenvalue weighted by Gasteiger charge is -2.24. The minimum absolute atomic E-state index is 0.0955. The first kappa shape index (κ1) is 16.1. The van der Waals surface area contributed by atoms with Crippen LogP contribution in [0, 0.1) is 10.1 Å². The summed E-state index contributed by atoms with van der Waals surface area (Å²) in [7, 11) is 3.14. The first-order chi connectivity index (χ1) is 9.63. The number of ether oxygens (including phenoxy) is 2. The number of carbonyl (C=O) groups is 1. The highest BCUT2D eigenvalue weighted by atomic mass is 16.6. The standard InChI is InChI=1S/C13H18N2O5/c1-19-7-5-14(6-8-20-2)12-4-3-11(10-16)9-13(12)15(17)18/h3-4,9-10H,5-8H2,1-2H3. The van der Waals surface area contributed by atoms with Crippen LogP contribution in [-0.4, -0.2) is 51.7 Å². The van der Waals surface area contributed by atoms with E-state index in [0.717, 1.165) is 0 Å². The molecule has 0 radical (unpaired) electrons. The van der Waals surface area contributed by atoms with Gasteiger partial charge in [0.1, 0.15) is 12.0 Å². The van der Waals surface area contributed by atoms with Crippen molar-refractivity contribution < 1.29 is 19.2 Å². The Morgan fingerprint density at radius 3 is 2.30 bits per heavy atom. The van der Waals surface area contributed by atoms with E-state index < -0.39 is 4.92 Å². The van der Waals surface area contributed by atoms with E-state index in [-0.39, 0.29) is 11.3 Å². The summed E-state index contributed by atoms with van der Waals surface area (Å²) in [6, 6.07) is 4.41. The number of nitro groups is 1. The SMILES string of the molecule is COCCN(CCOC)c1ccc(C=O)cc1[N+](=O)[O-]. The van der Waals surface area contributed by atoms with Crippen LogP contribution >= 0.6 is 0 Å². The third-order valence-corrected chi connectivity index (χ3v) is 2.80. The molecule has 0 atom stereocenters. The summed E-state index contributed by atoms with van der Waals surface area (Å²) in [6.07, 6.45) is 0.589. The number of anilines is 1. The molecule has 0 N–H and O–H groups in total. The van der Waals surface area contributed by atoms with E-state index in [1.165, 1.54) is 6.07 Å². The molecule has 0 bridgehead atoms. The molecule has 110 valence electrons. The fraction of sp³-hybridized carbons (Fsp3) is 0.462. The van der Waals surface area contributed by atoms with E-state index in [0.29, 0.717) is 38.3 Å². The van der Waals surface area contributed by atoms with Crippen molar-refractivity contribution in [2.24, 2.45) is 0 Å². The first-order valence-electron chi connectivity index (χ1n) is 6.10. The molecule has 0 saturated carbocycles. The number of aldehydes is 1. The molecular formula is C13H18N2O5. The molecule has 0 saturated heterocycles. The molecule has 7 nitrogen and oxygen atoms in total. The molecule has 0 amide bonds. The van der Waals surface area contributed by atoms with Crippen molar-refractivity contribution in [3.63, 3.8) is 0 Å². The van der Waals surface area contributed by atoms with Crippen molar-refractivity contribution in [2.45, 2.75) is 0 Å². The van der Waals surface area contributed by atoms with Gasteiger partial charge in [0.05, 0.1) is 18.1 Å². The molecule has 1 aromatic carbocycles. The number of hydrogen-bond acceptors (Lipinski definition) is 6. The predicted octanol–water partition coefficient (Wildman–Crippen LogP) is 1.51. The molecule has 0 aliphatic heterocycles. The maximum Gasteiger partial charge on any atom is 0.293 e. The molecule has 0 fully saturated rings. The monoisotopic (exact) mass is 282 g/mol. The van der Waals surface area contributed by atoms with E-state index >= 15 is 0 Å². The first-order valence-corrected chi connectivity index (χ1v) is 6.10. The normalized spacial score (nSPS) is 10.3. The average Bonchev–Trinajstić information content (AvgIpc) is 2.47. The van der Waals surface area contributed by atoms with E-state index in [2.05, 4.69) is 0 Å². The van der Waals surface area contributed by atoms with Crippen molar-refractivity contribution in [1.29, 1.82) is 0 Å². The molecule has 0 spiro atoms.